The Balaban J connectivity index is 2.09. The molecule has 222 valence electrons. The molecule has 10 heteroatoms. The molecule has 3 aromatic heterocycles. The lowest BCUT2D eigenvalue weighted by Gasteiger charge is -2.26. The van der Waals surface area contributed by atoms with Gasteiger partial charge < -0.3 is 4.74 Å². The summed E-state index contributed by atoms with van der Waals surface area (Å²) in [6.45, 7) is 16.1. The zero-order valence-electron chi connectivity index (χ0n) is 25.2. The quantitative estimate of drug-likeness (QED) is 0.145. The molecule has 0 amide bonds. The monoisotopic (exact) mass is 577 g/mol. The second-order valence-corrected chi connectivity index (χ2v) is 10.9. The maximum absolute atomic E-state index is 16.2. The molecular weight excluding hydrogens is 540 g/mol. The average Bonchev–Trinajstić information content (AvgIpc) is 2.90. The van der Waals surface area contributed by atoms with Crippen molar-refractivity contribution in [2.45, 2.75) is 67.7 Å². The molecular formula is C32H37F2N5O3. The van der Waals surface area contributed by atoms with Gasteiger partial charge in [-0.2, -0.15) is 0 Å². The second kappa shape index (κ2) is 13.5. The van der Waals surface area contributed by atoms with E-state index < -0.39 is 17.2 Å². The molecule has 0 unspecified atom stereocenters. The maximum Gasteiger partial charge on any atom is 0.376 e. The van der Waals surface area contributed by atoms with Crippen molar-refractivity contribution < 1.29 is 18.3 Å². The molecule has 0 radical (unpaired) electrons. The van der Waals surface area contributed by atoms with Crippen LogP contribution in [0.2, 0.25) is 0 Å². The van der Waals surface area contributed by atoms with Crippen LogP contribution in [0.1, 0.15) is 74.0 Å². The van der Waals surface area contributed by atoms with Crippen LogP contribution >= 0.6 is 0 Å². The number of pyridine rings is 2. The third-order valence-corrected chi connectivity index (χ3v) is 6.69. The number of esters is 1. The number of halogens is 2. The molecule has 0 aliphatic heterocycles. The van der Waals surface area contributed by atoms with Crippen LogP contribution in [0.5, 0.6) is 0 Å². The summed E-state index contributed by atoms with van der Waals surface area (Å²) in [6.07, 6.45) is 6.71. The number of hydrogen-bond donors (Lipinski definition) is 0. The number of allylic oxidation sites excluding steroid dienone is 3. The fourth-order valence-corrected chi connectivity index (χ4v) is 4.97. The number of aryl methyl sites for hydroxylation is 2. The fraction of sp³-hybridized carbons (Fsp3) is 0.375. The molecule has 42 heavy (non-hydrogen) atoms. The highest BCUT2D eigenvalue weighted by atomic mass is 19.1. The smallest absolute Gasteiger partial charge is 0.376 e. The number of aromatic nitrogens is 4. The number of carbonyl (C=O) groups is 1. The van der Waals surface area contributed by atoms with Crippen LogP contribution in [-0.2, 0) is 17.6 Å². The van der Waals surface area contributed by atoms with Gasteiger partial charge in [-0.05, 0) is 87.6 Å². The molecule has 0 aliphatic carbocycles. The van der Waals surface area contributed by atoms with E-state index in [2.05, 4.69) is 26.7 Å². The summed E-state index contributed by atoms with van der Waals surface area (Å²) in [5.74, 6) is -2.01. The van der Waals surface area contributed by atoms with E-state index in [1.54, 1.807) is 27.7 Å². The summed E-state index contributed by atoms with van der Waals surface area (Å²) in [5.41, 5.74) is 2.06. The first-order chi connectivity index (χ1) is 19.8. The molecule has 8 nitrogen and oxygen atoms in total. The third-order valence-electron chi connectivity index (χ3n) is 6.69. The summed E-state index contributed by atoms with van der Waals surface area (Å²) in [4.78, 5) is 42.0. The van der Waals surface area contributed by atoms with E-state index in [-0.39, 0.29) is 47.3 Å². The van der Waals surface area contributed by atoms with Crippen molar-refractivity contribution in [1.82, 2.24) is 19.5 Å². The first-order valence-corrected chi connectivity index (χ1v) is 13.7. The standard InChI is InChI=1S/C32H37F2N5O3/c1-9-24-22(15-32(6,7)16-23(33)13-19(3)17-35-8)14-21(5)39(30(24)40)28-20(4)18-37-27(26(28)34)25-11-12-36-29(38-25)31(41)42-10-2/h11-14,17-18H,8-10,15-16H2,1-7H3/b19-17-,23-13+. The normalized spacial score (nSPS) is 12.4. The number of ether oxygens (including phenoxy) is 1. The number of nitrogens with zero attached hydrogens (tertiary/aromatic N) is 5. The number of carbonyl (C=O) groups excluding carboxylic acids is 1. The Morgan fingerprint density at radius 1 is 1.24 bits per heavy atom. The van der Waals surface area contributed by atoms with Gasteiger partial charge in [-0.3, -0.25) is 19.3 Å². The topological polar surface area (TPSA) is 99.3 Å². The summed E-state index contributed by atoms with van der Waals surface area (Å²) in [7, 11) is 0. The van der Waals surface area contributed by atoms with Gasteiger partial charge in [0.05, 0.1) is 18.0 Å². The Labute approximate surface area is 244 Å². The minimum Gasteiger partial charge on any atom is -0.460 e. The van der Waals surface area contributed by atoms with Crippen LogP contribution in [0.25, 0.3) is 17.1 Å². The van der Waals surface area contributed by atoms with E-state index >= 15 is 4.39 Å². The zero-order chi connectivity index (χ0) is 31.2. The number of hydrogen-bond acceptors (Lipinski definition) is 7. The number of aliphatic imine (C=N–C) groups is 1. The SMILES string of the molecule is C=N/C=C(C)\C=C(\F)CC(C)(C)Cc1cc(C)n(-c2c(C)cnc(-c3ccnc(C(=O)OCC)n3)c2F)c(=O)c1CC. The van der Waals surface area contributed by atoms with Gasteiger partial charge in [0.2, 0.25) is 5.82 Å². The third kappa shape index (κ3) is 7.29. The molecule has 0 spiro atoms. The molecule has 0 aliphatic rings. The van der Waals surface area contributed by atoms with Crippen molar-refractivity contribution in [3.63, 3.8) is 0 Å². The minimum atomic E-state index is -0.756. The Morgan fingerprint density at radius 3 is 2.60 bits per heavy atom. The predicted molar refractivity (Wildman–Crippen MR) is 160 cm³/mol. The van der Waals surface area contributed by atoms with Crippen LogP contribution in [0.4, 0.5) is 8.78 Å². The molecule has 0 saturated heterocycles. The lowest BCUT2D eigenvalue weighted by molar-refractivity contribution is 0.0512. The predicted octanol–water partition coefficient (Wildman–Crippen LogP) is 6.60. The van der Waals surface area contributed by atoms with Crippen LogP contribution in [0, 0.1) is 25.1 Å². The van der Waals surface area contributed by atoms with Gasteiger partial charge in [0, 0.05) is 36.3 Å². The fourth-order valence-electron chi connectivity index (χ4n) is 4.97. The van der Waals surface area contributed by atoms with Crippen LogP contribution < -0.4 is 5.56 Å². The molecule has 3 rings (SSSR count). The van der Waals surface area contributed by atoms with Crippen LogP contribution in [-0.4, -0.2) is 38.8 Å². The largest absolute Gasteiger partial charge is 0.460 e. The molecule has 0 fully saturated rings. The van der Waals surface area contributed by atoms with Gasteiger partial charge in [0.25, 0.3) is 5.56 Å². The van der Waals surface area contributed by atoms with Gasteiger partial charge in [0.1, 0.15) is 11.5 Å². The van der Waals surface area contributed by atoms with Crippen molar-refractivity contribution >= 4 is 12.7 Å². The Morgan fingerprint density at radius 2 is 1.95 bits per heavy atom. The second-order valence-electron chi connectivity index (χ2n) is 10.9. The van der Waals surface area contributed by atoms with Gasteiger partial charge in [-0.15, -0.1) is 0 Å². The molecule has 0 aromatic carbocycles. The van der Waals surface area contributed by atoms with Gasteiger partial charge in [0.15, 0.2) is 5.82 Å². The molecule has 0 bridgehead atoms. The van der Waals surface area contributed by atoms with Crippen molar-refractivity contribution in [2.75, 3.05) is 6.61 Å². The van der Waals surface area contributed by atoms with Crippen molar-refractivity contribution in [2.24, 2.45) is 10.4 Å². The lowest BCUT2D eigenvalue weighted by atomic mass is 9.80. The van der Waals surface area contributed by atoms with E-state index in [0.717, 1.165) is 5.56 Å². The summed E-state index contributed by atoms with van der Waals surface area (Å²) in [6, 6.07) is 3.29. The van der Waals surface area contributed by atoms with Gasteiger partial charge in [-0.25, -0.2) is 23.5 Å². The first-order valence-electron chi connectivity index (χ1n) is 13.7. The summed E-state index contributed by atoms with van der Waals surface area (Å²) in [5, 5.41) is 0. The Kier molecular flexibility index (Phi) is 10.4. The average molecular weight is 578 g/mol. The van der Waals surface area contributed by atoms with E-state index in [9.17, 15) is 14.0 Å². The zero-order valence-corrected chi connectivity index (χ0v) is 25.2. The maximum atomic E-state index is 16.2. The molecule has 0 saturated carbocycles. The van der Waals surface area contributed by atoms with Crippen molar-refractivity contribution in [3.8, 4) is 17.1 Å². The highest BCUT2D eigenvalue weighted by molar-refractivity contribution is 5.85. The highest BCUT2D eigenvalue weighted by Crippen LogP contribution is 2.33. The molecule has 0 atom stereocenters. The van der Waals surface area contributed by atoms with E-state index in [0.29, 0.717) is 35.2 Å². The van der Waals surface area contributed by atoms with Crippen molar-refractivity contribution in [1.29, 1.82) is 0 Å². The summed E-state index contributed by atoms with van der Waals surface area (Å²) < 4.78 is 37.3. The first kappa shape index (κ1) is 32.2. The van der Waals surface area contributed by atoms with E-state index in [1.807, 2.05) is 26.8 Å². The van der Waals surface area contributed by atoms with E-state index in [4.69, 9.17) is 4.74 Å². The van der Waals surface area contributed by atoms with E-state index in [1.165, 1.54) is 35.3 Å². The summed E-state index contributed by atoms with van der Waals surface area (Å²) >= 11 is 0. The number of rotatable bonds is 11. The van der Waals surface area contributed by atoms with Crippen LogP contribution in [0.3, 0.4) is 0 Å². The molecule has 0 N–H and O–H groups in total. The Hall–Kier alpha value is -4.34. The Bertz CT molecular complexity index is 1620. The molecule has 3 aromatic rings. The van der Waals surface area contributed by atoms with Crippen molar-refractivity contribution in [3.05, 3.63) is 92.6 Å². The van der Waals surface area contributed by atoms with Gasteiger partial charge >= 0.3 is 5.97 Å². The van der Waals surface area contributed by atoms with Gasteiger partial charge in [-0.1, -0.05) is 20.8 Å². The lowest BCUT2D eigenvalue weighted by Crippen LogP contribution is -2.29. The highest BCUT2D eigenvalue weighted by Gasteiger charge is 2.26. The minimum absolute atomic E-state index is 0.0476. The van der Waals surface area contributed by atoms with Crippen LogP contribution in [0.15, 0.2) is 58.0 Å². The molecule has 3 heterocycles.